The summed E-state index contributed by atoms with van der Waals surface area (Å²) < 4.78 is 5.62. The zero-order chi connectivity index (χ0) is 8.39. The van der Waals surface area contributed by atoms with Gasteiger partial charge in [0.15, 0.2) is 0 Å². The lowest BCUT2D eigenvalue weighted by Gasteiger charge is -2.29. The van der Waals surface area contributed by atoms with Gasteiger partial charge in [-0.05, 0) is 24.7 Å². The molecular weight excluding hydrogens is 150 g/mol. The van der Waals surface area contributed by atoms with E-state index in [-0.39, 0.29) is 0 Å². The van der Waals surface area contributed by atoms with E-state index < -0.39 is 0 Å². The number of nitrogens with one attached hydrogen (secondary N) is 1. The summed E-state index contributed by atoms with van der Waals surface area (Å²) in [5.41, 5.74) is 0. The van der Waals surface area contributed by atoms with Gasteiger partial charge in [-0.2, -0.15) is 0 Å². The van der Waals surface area contributed by atoms with Crippen LogP contribution in [0.5, 0.6) is 0 Å². The van der Waals surface area contributed by atoms with E-state index in [2.05, 4.69) is 12.2 Å². The van der Waals surface area contributed by atoms with Crippen LogP contribution in [-0.2, 0) is 4.74 Å². The molecule has 0 radical (unpaired) electrons. The zero-order valence-corrected chi connectivity index (χ0v) is 7.88. The maximum absolute atomic E-state index is 5.62. The molecule has 1 unspecified atom stereocenters. The number of hydrogen-bond acceptors (Lipinski definition) is 2. The Bertz CT molecular complexity index is 135. The fourth-order valence-corrected chi connectivity index (χ4v) is 2.34. The van der Waals surface area contributed by atoms with Gasteiger partial charge in [0.1, 0.15) is 6.23 Å². The standard InChI is InChI=1S/C10H19NO/c1-8-2-4-9(5-3-8)10-11-6-7-12-10/h8-11H,2-7H2,1H3. The Labute approximate surface area is 74.7 Å². The molecule has 1 heterocycles. The number of hydrogen-bond donors (Lipinski definition) is 1. The molecular formula is C10H19NO. The summed E-state index contributed by atoms with van der Waals surface area (Å²) in [7, 11) is 0. The van der Waals surface area contributed by atoms with Crippen LogP contribution in [0.25, 0.3) is 0 Å². The van der Waals surface area contributed by atoms with Crippen molar-refractivity contribution in [3.63, 3.8) is 0 Å². The van der Waals surface area contributed by atoms with E-state index in [0.717, 1.165) is 25.0 Å². The van der Waals surface area contributed by atoms with Crippen LogP contribution in [-0.4, -0.2) is 19.4 Å². The summed E-state index contributed by atoms with van der Waals surface area (Å²) in [6.07, 6.45) is 5.90. The Morgan fingerprint density at radius 3 is 2.50 bits per heavy atom. The largest absolute Gasteiger partial charge is 0.362 e. The van der Waals surface area contributed by atoms with E-state index in [9.17, 15) is 0 Å². The van der Waals surface area contributed by atoms with Crippen LogP contribution >= 0.6 is 0 Å². The van der Waals surface area contributed by atoms with Gasteiger partial charge in [0.05, 0.1) is 6.61 Å². The molecule has 2 aliphatic rings. The highest BCUT2D eigenvalue weighted by Crippen LogP contribution is 2.31. The van der Waals surface area contributed by atoms with Crippen molar-refractivity contribution in [3.05, 3.63) is 0 Å². The molecule has 0 amide bonds. The Hall–Kier alpha value is -0.0800. The van der Waals surface area contributed by atoms with Crippen LogP contribution in [0.2, 0.25) is 0 Å². The summed E-state index contributed by atoms with van der Waals surface area (Å²) in [6, 6.07) is 0. The van der Waals surface area contributed by atoms with Crippen LogP contribution in [0.3, 0.4) is 0 Å². The highest BCUT2D eigenvalue weighted by Gasteiger charge is 2.28. The normalized spacial score (nSPS) is 43.2. The molecule has 0 aromatic rings. The molecule has 1 saturated carbocycles. The van der Waals surface area contributed by atoms with Gasteiger partial charge in [0.2, 0.25) is 0 Å². The number of ether oxygens (including phenoxy) is 1. The van der Waals surface area contributed by atoms with E-state index in [1.807, 2.05) is 0 Å². The Morgan fingerprint density at radius 2 is 1.92 bits per heavy atom. The molecule has 0 aromatic heterocycles. The molecule has 1 atom stereocenters. The van der Waals surface area contributed by atoms with Gasteiger partial charge in [-0.1, -0.05) is 19.8 Å². The average molecular weight is 169 g/mol. The third-order valence-corrected chi connectivity index (χ3v) is 3.23. The lowest BCUT2D eigenvalue weighted by Crippen LogP contribution is -2.33. The van der Waals surface area contributed by atoms with Crippen LogP contribution in [0.15, 0.2) is 0 Å². The summed E-state index contributed by atoms with van der Waals surface area (Å²) >= 11 is 0. The molecule has 2 nitrogen and oxygen atoms in total. The fourth-order valence-electron chi connectivity index (χ4n) is 2.34. The second-order valence-electron chi connectivity index (χ2n) is 4.27. The van der Waals surface area contributed by atoms with Crippen molar-refractivity contribution in [2.45, 2.75) is 38.8 Å². The van der Waals surface area contributed by atoms with Crippen molar-refractivity contribution in [1.29, 1.82) is 0 Å². The molecule has 0 bridgehead atoms. The molecule has 1 N–H and O–H groups in total. The van der Waals surface area contributed by atoms with Crippen molar-refractivity contribution in [2.75, 3.05) is 13.2 Å². The first-order valence-corrected chi connectivity index (χ1v) is 5.21. The average Bonchev–Trinajstić information content (AvgIpc) is 2.58. The van der Waals surface area contributed by atoms with Crippen molar-refractivity contribution in [2.24, 2.45) is 11.8 Å². The molecule has 0 spiro atoms. The Kier molecular flexibility index (Phi) is 2.66. The van der Waals surface area contributed by atoms with Gasteiger partial charge < -0.3 is 4.74 Å². The second kappa shape index (κ2) is 3.75. The first-order chi connectivity index (χ1) is 5.86. The van der Waals surface area contributed by atoms with Gasteiger partial charge in [-0.3, -0.25) is 5.32 Å². The van der Waals surface area contributed by atoms with Gasteiger partial charge in [-0.15, -0.1) is 0 Å². The molecule has 0 aromatic carbocycles. The minimum absolute atomic E-state index is 0.387. The summed E-state index contributed by atoms with van der Waals surface area (Å²) in [6.45, 7) is 4.33. The lowest BCUT2D eigenvalue weighted by atomic mass is 9.82. The molecule has 70 valence electrons. The molecule has 12 heavy (non-hydrogen) atoms. The van der Waals surface area contributed by atoms with Crippen LogP contribution in [0.1, 0.15) is 32.6 Å². The first kappa shape index (κ1) is 8.52. The van der Waals surface area contributed by atoms with Crippen LogP contribution in [0.4, 0.5) is 0 Å². The molecule has 2 heteroatoms. The minimum Gasteiger partial charge on any atom is -0.362 e. The van der Waals surface area contributed by atoms with Gasteiger partial charge in [0, 0.05) is 6.54 Å². The monoisotopic (exact) mass is 169 g/mol. The summed E-state index contributed by atoms with van der Waals surface area (Å²) in [5, 5.41) is 3.42. The van der Waals surface area contributed by atoms with Gasteiger partial charge >= 0.3 is 0 Å². The van der Waals surface area contributed by atoms with Crippen LogP contribution in [0, 0.1) is 11.8 Å². The van der Waals surface area contributed by atoms with E-state index in [1.165, 1.54) is 25.7 Å². The van der Waals surface area contributed by atoms with E-state index in [4.69, 9.17) is 4.74 Å². The molecule has 2 rings (SSSR count). The van der Waals surface area contributed by atoms with E-state index in [0.29, 0.717) is 6.23 Å². The van der Waals surface area contributed by atoms with Crippen molar-refractivity contribution < 1.29 is 4.74 Å². The zero-order valence-electron chi connectivity index (χ0n) is 7.88. The van der Waals surface area contributed by atoms with Gasteiger partial charge in [0.25, 0.3) is 0 Å². The van der Waals surface area contributed by atoms with E-state index >= 15 is 0 Å². The molecule has 1 saturated heterocycles. The molecule has 1 aliphatic carbocycles. The predicted octanol–water partition coefficient (Wildman–Crippen LogP) is 1.76. The van der Waals surface area contributed by atoms with Crippen LogP contribution < -0.4 is 5.32 Å². The smallest absolute Gasteiger partial charge is 0.111 e. The first-order valence-electron chi connectivity index (χ1n) is 5.21. The van der Waals surface area contributed by atoms with Crippen molar-refractivity contribution in [1.82, 2.24) is 5.32 Å². The highest BCUT2D eigenvalue weighted by molar-refractivity contribution is 4.78. The maximum atomic E-state index is 5.62. The summed E-state index contributed by atoms with van der Waals surface area (Å²) in [5.74, 6) is 1.74. The van der Waals surface area contributed by atoms with Gasteiger partial charge in [-0.25, -0.2) is 0 Å². The summed E-state index contributed by atoms with van der Waals surface area (Å²) in [4.78, 5) is 0. The Morgan fingerprint density at radius 1 is 1.17 bits per heavy atom. The van der Waals surface area contributed by atoms with Crippen molar-refractivity contribution in [3.8, 4) is 0 Å². The maximum Gasteiger partial charge on any atom is 0.111 e. The van der Waals surface area contributed by atoms with Crippen molar-refractivity contribution >= 4 is 0 Å². The minimum atomic E-state index is 0.387. The molecule has 2 fully saturated rings. The third-order valence-electron chi connectivity index (χ3n) is 3.23. The fraction of sp³-hybridized carbons (Fsp3) is 1.00. The second-order valence-corrected chi connectivity index (χ2v) is 4.27. The quantitative estimate of drug-likeness (QED) is 0.646. The predicted molar refractivity (Wildman–Crippen MR) is 48.9 cm³/mol. The SMILES string of the molecule is CC1CCC(C2NCCO2)CC1. The lowest BCUT2D eigenvalue weighted by molar-refractivity contribution is 0.0313. The molecule has 1 aliphatic heterocycles. The number of rotatable bonds is 1. The third kappa shape index (κ3) is 1.80. The highest BCUT2D eigenvalue weighted by atomic mass is 16.5. The topological polar surface area (TPSA) is 21.3 Å². The Balaban J connectivity index is 1.80. The van der Waals surface area contributed by atoms with E-state index in [1.54, 1.807) is 0 Å².